The molecule has 1 rings (SSSR count). The van der Waals surface area contributed by atoms with E-state index in [1.807, 2.05) is 0 Å². The molecule has 0 aromatic rings. The second-order valence-electron chi connectivity index (χ2n) is 15.7. The molecular formula is C42H80NO12P. The molecule has 9 N–H and O–H groups in total. The largest absolute Gasteiger partial charge is 0.472 e. The third-order valence-corrected chi connectivity index (χ3v) is 11.5. The summed E-state index contributed by atoms with van der Waals surface area (Å²) in [4.78, 5) is 23.3. The van der Waals surface area contributed by atoms with Gasteiger partial charge in [-0.1, -0.05) is 147 Å². The first kappa shape index (κ1) is 52.8. The Balaban J connectivity index is 2.60. The van der Waals surface area contributed by atoms with Crippen LogP contribution in [0, 0.1) is 0 Å². The summed E-state index contributed by atoms with van der Waals surface area (Å²) in [6, 6.07) is -1.24. The maximum absolute atomic E-state index is 12.9. The molecule has 0 bridgehead atoms. The van der Waals surface area contributed by atoms with Crippen molar-refractivity contribution in [2.75, 3.05) is 6.61 Å². The lowest BCUT2D eigenvalue weighted by Gasteiger charge is -2.41. The molecule has 0 aromatic carbocycles. The van der Waals surface area contributed by atoms with Gasteiger partial charge in [0.1, 0.15) is 36.6 Å². The Hall–Kier alpha value is -1.22. The number of allylic oxidation sites excluding steroid dienone is 3. The van der Waals surface area contributed by atoms with E-state index in [4.69, 9.17) is 9.05 Å². The lowest BCUT2D eigenvalue weighted by Crippen LogP contribution is -2.64. The van der Waals surface area contributed by atoms with Gasteiger partial charge >= 0.3 is 7.82 Å². The second kappa shape index (κ2) is 32.6. The molecule has 1 aliphatic carbocycles. The highest BCUT2D eigenvalue weighted by molar-refractivity contribution is 7.47. The van der Waals surface area contributed by atoms with Crippen molar-refractivity contribution in [2.45, 2.75) is 229 Å². The molecule has 0 aliphatic heterocycles. The average molecular weight is 822 g/mol. The van der Waals surface area contributed by atoms with Crippen molar-refractivity contribution < 1.29 is 59.0 Å². The number of nitrogens with one attached hydrogen (secondary N) is 1. The smallest absolute Gasteiger partial charge is 0.393 e. The third kappa shape index (κ3) is 24.6. The monoisotopic (exact) mass is 822 g/mol. The summed E-state index contributed by atoms with van der Waals surface area (Å²) in [6.45, 7) is 3.70. The molecule has 1 fully saturated rings. The molecule has 56 heavy (non-hydrogen) atoms. The molecule has 0 saturated heterocycles. The first-order valence-corrected chi connectivity index (χ1v) is 23.4. The zero-order chi connectivity index (χ0) is 41.6. The van der Waals surface area contributed by atoms with E-state index in [2.05, 4.69) is 31.3 Å². The maximum atomic E-state index is 12.9. The summed E-state index contributed by atoms with van der Waals surface area (Å²) >= 11 is 0. The van der Waals surface area contributed by atoms with Crippen molar-refractivity contribution in [3.8, 4) is 0 Å². The molecule has 0 heterocycles. The second-order valence-corrected chi connectivity index (χ2v) is 17.1. The molecule has 1 aliphatic rings. The van der Waals surface area contributed by atoms with E-state index < -0.39 is 75.2 Å². The molecule has 1 saturated carbocycles. The van der Waals surface area contributed by atoms with Crippen molar-refractivity contribution in [2.24, 2.45) is 0 Å². The minimum absolute atomic E-state index is 0.254. The fourth-order valence-electron chi connectivity index (χ4n) is 6.88. The van der Waals surface area contributed by atoms with Crippen LogP contribution in [0.2, 0.25) is 0 Å². The number of phosphoric acid groups is 1. The van der Waals surface area contributed by atoms with Crippen LogP contribution in [-0.4, -0.2) is 108 Å². The number of aliphatic hydroxyl groups excluding tert-OH is 7. The summed E-state index contributed by atoms with van der Waals surface area (Å²) in [5, 5.41) is 74.2. The van der Waals surface area contributed by atoms with Crippen molar-refractivity contribution >= 4 is 13.7 Å². The predicted octanol–water partition coefficient (Wildman–Crippen LogP) is 6.42. The fourth-order valence-corrected chi connectivity index (χ4v) is 7.85. The summed E-state index contributed by atoms with van der Waals surface area (Å²) in [7, 11) is -5.14. The van der Waals surface area contributed by atoms with Crippen LogP contribution in [-0.2, 0) is 18.4 Å². The zero-order valence-electron chi connectivity index (χ0n) is 34.5. The molecule has 0 radical (unpaired) electrons. The van der Waals surface area contributed by atoms with E-state index >= 15 is 0 Å². The number of carbonyl (C=O) groups excluding carboxylic acids is 1. The lowest BCUT2D eigenvalue weighted by molar-refractivity contribution is -0.220. The molecule has 0 aromatic heterocycles. The number of aliphatic hydroxyl groups is 7. The molecular weight excluding hydrogens is 741 g/mol. The zero-order valence-corrected chi connectivity index (χ0v) is 35.4. The van der Waals surface area contributed by atoms with Crippen LogP contribution in [0.15, 0.2) is 24.3 Å². The quantitative estimate of drug-likeness (QED) is 0.0192. The molecule has 8 atom stereocenters. The molecule has 0 spiro atoms. The van der Waals surface area contributed by atoms with E-state index in [9.17, 15) is 50.0 Å². The van der Waals surface area contributed by atoms with Gasteiger partial charge in [-0.3, -0.25) is 13.8 Å². The standard InChI is InChI=1S/C42H80NO12P/c1-3-5-7-9-11-13-15-17-18-19-21-23-25-27-29-33(44)31-36(46)43-34(35(45)30-28-26-24-22-20-16-14-12-10-8-6-4-2)32-54-56(52,53)55-42-40(50)38(48)37(47)39(49)41(42)51/h18-19,28,30,33-35,37-42,44-45,47-51H,3-17,20-27,29,31-32H2,1-2H3,(H,43,46)(H,52,53)/b19-18-,30-28+. The molecule has 8 unspecified atom stereocenters. The van der Waals surface area contributed by atoms with Gasteiger partial charge < -0.3 is 46.0 Å². The van der Waals surface area contributed by atoms with E-state index in [1.54, 1.807) is 6.08 Å². The Labute approximate surface area is 337 Å². The highest BCUT2D eigenvalue weighted by atomic mass is 31.2. The number of rotatable bonds is 35. The number of unbranched alkanes of at least 4 members (excludes halogenated alkanes) is 20. The van der Waals surface area contributed by atoms with Crippen molar-refractivity contribution in [3.05, 3.63) is 24.3 Å². The SMILES string of the molecule is CCCCCCCCC/C=C\CCCCCC(O)CC(=O)NC(COP(=O)(O)OC1C(O)C(O)C(O)C(O)C1O)C(O)/C=C/CCCCCCCCCCCC. The average Bonchev–Trinajstić information content (AvgIpc) is 3.17. The Morgan fingerprint density at radius 2 is 1.04 bits per heavy atom. The highest BCUT2D eigenvalue weighted by Gasteiger charge is 2.51. The molecule has 330 valence electrons. The number of hydrogen-bond acceptors (Lipinski definition) is 11. The Bertz CT molecular complexity index is 1060. The van der Waals surface area contributed by atoms with Crippen LogP contribution >= 0.6 is 7.82 Å². The molecule has 13 nitrogen and oxygen atoms in total. The van der Waals surface area contributed by atoms with E-state index in [0.717, 1.165) is 51.4 Å². The van der Waals surface area contributed by atoms with Gasteiger partial charge in [-0.2, -0.15) is 0 Å². The van der Waals surface area contributed by atoms with Gasteiger partial charge in [0.2, 0.25) is 5.91 Å². The van der Waals surface area contributed by atoms with E-state index in [0.29, 0.717) is 12.8 Å². The van der Waals surface area contributed by atoms with Gasteiger partial charge in [0, 0.05) is 0 Å². The minimum Gasteiger partial charge on any atom is -0.393 e. The van der Waals surface area contributed by atoms with E-state index in [-0.39, 0.29) is 6.42 Å². The minimum atomic E-state index is -5.14. The van der Waals surface area contributed by atoms with Gasteiger partial charge in [0.05, 0.1) is 31.3 Å². The maximum Gasteiger partial charge on any atom is 0.472 e. The van der Waals surface area contributed by atoms with Crippen LogP contribution in [0.5, 0.6) is 0 Å². The Morgan fingerprint density at radius 3 is 1.52 bits per heavy atom. The first-order chi connectivity index (χ1) is 26.8. The number of amides is 1. The number of hydrogen-bond donors (Lipinski definition) is 9. The summed E-state index contributed by atoms with van der Waals surface area (Å²) in [5.74, 6) is -0.603. The first-order valence-electron chi connectivity index (χ1n) is 21.9. The van der Waals surface area contributed by atoms with Crippen molar-refractivity contribution in [3.63, 3.8) is 0 Å². The van der Waals surface area contributed by atoms with E-state index in [1.165, 1.54) is 96.0 Å². The third-order valence-electron chi connectivity index (χ3n) is 10.5. The summed E-state index contributed by atoms with van der Waals surface area (Å²) in [6.07, 6.45) is 19.9. The van der Waals surface area contributed by atoms with Gasteiger partial charge in [-0.25, -0.2) is 4.57 Å². The molecule has 1 amide bonds. The number of phosphoric ester groups is 1. The highest BCUT2D eigenvalue weighted by Crippen LogP contribution is 2.47. The van der Waals surface area contributed by atoms with Gasteiger partial charge in [-0.15, -0.1) is 0 Å². The van der Waals surface area contributed by atoms with Crippen LogP contribution in [0.1, 0.15) is 174 Å². The van der Waals surface area contributed by atoms with Crippen LogP contribution in [0.25, 0.3) is 0 Å². The van der Waals surface area contributed by atoms with Gasteiger partial charge in [-0.05, 0) is 44.9 Å². The fraction of sp³-hybridized carbons (Fsp3) is 0.881. The lowest BCUT2D eigenvalue weighted by atomic mass is 9.85. The summed E-state index contributed by atoms with van der Waals surface area (Å²) in [5.41, 5.74) is 0. The van der Waals surface area contributed by atoms with Crippen molar-refractivity contribution in [1.29, 1.82) is 0 Å². The Morgan fingerprint density at radius 1 is 0.625 bits per heavy atom. The normalized spacial score (nSPS) is 24.4. The van der Waals surface area contributed by atoms with Gasteiger partial charge in [0.25, 0.3) is 0 Å². The topological polar surface area (TPSA) is 226 Å². The predicted molar refractivity (Wildman–Crippen MR) is 220 cm³/mol. The van der Waals surface area contributed by atoms with Crippen molar-refractivity contribution in [1.82, 2.24) is 5.32 Å². The number of carbonyl (C=O) groups is 1. The van der Waals surface area contributed by atoms with Crippen LogP contribution in [0.3, 0.4) is 0 Å². The molecule has 14 heteroatoms. The van der Waals surface area contributed by atoms with Gasteiger partial charge in [0.15, 0.2) is 0 Å². The van der Waals surface area contributed by atoms with Crippen LogP contribution < -0.4 is 5.32 Å². The Kier molecular flexibility index (Phi) is 30.7. The summed E-state index contributed by atoms with van der Waals surface area (Å²) < 4.78 is 22.8. The van der Waals surface area contributed by atoms with Crippen LogP contribution in [0.4, 0.5) is 0 Å².